The summed E-state index contributed by atoms with van der Waals surface area (Å²) in [5.74, 6) is -0.777. The standard InChI is InChI=1S/C13H15NO4/c15-12(11-2-1-5-18-11)14-7-8-3-4-10(14)9(6-8)13(16)17/h1-2,5,8-10H,3-4,6-7H2,(H,16,17)/t8-,9-,10+/m1/s1. The van der Waals surface area contributed by atoms with E-state index in [0.717, 1.165) is 12.8 Å². The number of nitrogens with zero attached hydrogens (tertiary/aromatic N) is 1. The zero-order valence-electron chi connectivity index (χ0n) is 9.91. The summed E-state index contributed by atoms with van der Waals surface area (Å²) in [6, 6.07) is 3.12. The van der Waals surface area contributed by atoms with Crippen molar-refractivity contribution < 1.29 is 19.1 Å². The molecule has 3 atom stereocenters. The molecule has 4 rings (SSSR count). The number of piperidine rings is 2. The fourth-order valence-corrected chi connectivity index (χ4v) is 3.23. The summed E-state index contributed by atoms with van der Waals surface area (Å²) in [4.78, 5) is 25.2. The van der Waals surface area contributed by atoms with Gasteiger partial charge in [-0.3, -0.25) is 9.59 Å². The van der Waals surface area contributed by atoms with Gasteiger partial charge in [0.05, 0.1) is 12.2 Å². The minimum absolute atomic E-state index is 0.176. The fourth-order valence-electron chi connectivity index (χ4n) is 3.23. The maximum atomic E-state index is 12.3. The Bertz CT molecular complexity index is 467. The molecule has 3 fully saturated rings. The van der Waals surface area contributed by atoms with Crippen molar-refractivity contribution in [1.29, 1.82) is 0 Å². The monoisotopic (exact) mass is 249 g/mol. The molecule has 5 heteroatoms. The summed E-state index contributed by atoms with van der Waals surface area (Å²) in [5, 5.41) is 9.23. The molecule has 5 nitrogen and oxygen atoms in total. The van der Waals surface area contributed by atoms with E-state index in [0.29, 0.717) is 24.6 Å². The van der Waals surface area contributed by atoms with Gasteiger partial charge >= 0.3 is 5.97 Å². The Kier molecular flexibility index (Phi) is 2.61. The molecule has 1 saturated carbocycles. The van der Waals surface area contributed by atoms with Crippen molar-refractivity contribution in [3.8, 4) is 0 Å². The van der Waals surface area contributed by atoms with Gasteiger partial charge in [0.15, 0.2) is 5.76 Å². The smallest absolute Gasteiger partial charge is 0.308 e. The van der Waals surface area contributed by atoms with Crippen LogP contribution >= 0.6 is 0 Å². The lowest BCUT2D eigenvalue weighted by molar-refractivity contribution is -0.148. The number of rotatable bonds is 2. The molecule has 3 aliphatic rings. The molecule has 1 N–H and O–H groups in total. The number of carbonyl (C=O) groups excluding carboxylic acids is 1. The van der Waals surface area contributed by atoms with Gasteiger partial charge in [-0.2, -0.15) is 0 Å². The second-order valence-corrected chi connectivity index (χ2v) is 5.13. The first kappa shape index (κ1) is 11.3. The first-order valence-electron chi connectivity index (χ1n) is 6.24. The quantitative estimate of drug-likeness (QED) is 0.864. The van der Waals surface area contributed by atoms with E-state index < -0.39 is 11.9 Å². The Morgan fingerprint density at radius 2 is 2.22 bits per heavy atom. The normalized spacial score (nSPS) is 30.4. The van der Waals surface area contributed by atoms with Crippen molar-refractivity contribution >= 4 is 11.9 Å². The van der Waals surface area contributed by atoms with Crippen LogP contribution in [-0.4, -0.2) is 34.5 Å². The number of carboxylic acid groups (broad SMARTS) is 1. The van der Waals surface area contributed by atoms with E-state index in [1.165, 1.54) is 6.26 Å². The highest BCUT2D eigenvalue weighted by Crippen LogP contribution is 2.39. The van der Waals surface area contributed by atoms with Gasteiger partial charge in [-0.25, -0.2) is 0 Å². The molecule has 1 amide bonds. The van der Waals surface area contributed by atoms with Crippen LogP contribution in [0, 0.1) is 11.8 Å². The lowest BCUT2D eigenvalue weighted by Gasteiger charge is -2.48. The van der Waals surface area contributed by atoms with Crippen LogP contribution in [0.4, 0.5) is 0 Å². The van der Waals surface area contributed by atoms with Gasteiger partial charge < -0.3 is 14.4 Å². The van der Waals surface area contributed by atoms with E-state index in [1.807, 2.05) is 0 Å². The van der Waals surface area contributed by atoms with Crippen LogP contribution in [0.3, 0.4) is 0 Å². The Balaban J connectivity index is 1.85. The van der Waals surface area contributed by atoms with Gasteiger partial charge in [0, 0.05) is 12.6 Å². The number of hydrogen-bond acceptors (Lipinski definition) is 3. The van der Waals surface area contributed by atoms with Crippen LogP contribution in [0.15, 0.2) is 22.8 Å². The average molecular weight is 249 g/mol. The number of amides is 1. The maximum Gasteiger partial charge on any atom is 0.308 e. The first-order valence-corrected chi connectivity index (χ1v) is 6.24. The van der Waals surface area contributed by atoms with Crippen molar-refractivity contribution in [2.24, 2.45) is 11.8 Å². The summed E-state index contributed by atoms with van der Waals surface area (Å²) in [6.45, 7) is 0.661. The largest absolute Gasteiger partial charge is 0.481 e. The van der Waals surface area contributed by atoms with Crippen molar-refractivity contribution in [1.82, 2.24) is 4.90 Å². The van der Waals surface area contributed by atoms with Crippen LogP contribution in [-0.2, 0) is 4.79 Å². The molecule has 2 aliphatic heterocycles. The Morgan fingerprint density at radius 3 is 2.83 bits per heavy atom. The van der Waals surface area contributed by atoms with Crippen LogP contribution < -0.4 is 0 Å². The van der Waals surface area contributed by atoms with Crippen molar-refractivity contribution in [3.05, 3.63) is 24.2 Å². The third-order valence-electron chi connectivity index (χ3n) is 4.09. The number of fused-ring (bicyclic) bond motifs is 3. The number of hydrogen-bond donors (Lipinski definition) is 1. The minimum Gasteiger partial charge on any atom is -0.481 e. The van der Waals surface area contributed by atoms with Crippen LogP contribution in [0.25, 0.3) is 0 Å². The van der Waals surface area contributed by atoms with E-state index in [9.17, 15) is 14.7 Å². The average Bonchev–Trinajstić information content (AvgIpc) is 2.92. The second-order valence-electron chi connectivity index (χ2n) is 5.13. The van der Waals surface area contributed by atoms with E-state index in [1.54, 1.807) is 17.0 Å². The summed E-state index contributed by atoms with van der Waals surface area (Å²) in [7, 11) is 0. The Morgan fingerprint density at radius 1 is 1.39 bits per heavy atom. The molecule has 0 spiro atoms. The Hall–Kier alpha value is -1.78. The minimum atomic E-state index is -0.790. The topological polar surface area (TPSA) is 70.8 Å². The zero-order valence-corrected chi connectivity index (χ0v) is 9.91. The highest BCUT2D eigenvalue weighted by molar-refractivity contribution is 5.92. The second kappa shape index (κ2) is 4.15. The predicted octanol–water partition coefficient (Wildman–Crippen LogP) is 1.60. The summed E-state index contributed by atoms with van der Waals surface area (Å²) < 4.78 is 5.11. The molecule has 1 aliphatic carbocycles. The zero-order chi connectivity index (χ0) is 12.7. The third-order valence-corrected chi connectivity index (χ3v) is 4.09. The van der Waals surface area contributed by atoms with Gasteiger partial charge in [-0.05, 0) is 37.3 Å². The highest BCUT2D eigenvalue weighted by atomic mass is 16.4. The lowest BCUT2D eigenvalue weighted by atomic mass is 9.72. The van der Waals surface area contributed by atoms with Gasteiger partial charge in [0.2, 0.25) is 0 Å². The van der Waals surface area contributed by atoms with E-state index >= 15 is 0 Å². The Labute approximate surface area is 104 Å². The summed E-state index contributed by atoms with van der Waals surface area (Å²) in [6.07, 6.45) is 3.97. The molecule has 2 bridgehead atoms. The van der Waals surface area contributed by atoms with Crippen LogP contribution in [0.2, 0.25) is 0 Å². The third kappa shape index (κ3) is 1.70. The van der Waals surface area contributed by atoms with E-state index in [2.05, 4.69) is 0 Å². The maximum absolute atomic E-state index is 12.3. The van der Waals surface area contributed by atoms with Crippen LogP contribution in [0.1, 0.15) is 29.8 Å². The summed E-state index contributed by atoms with van der Waals surface area (Å²) >= 11 is 0. The molecule has 0 radical (unpaired) electrons. The number of aliphatic carboxylic acids is 1. The fraction of sp³-hybridized carbons (Fsp3) is 0.538. The lowest BCUT2D eigenvalue weighted by Crippen LogP contribution is -2.57. The molecular formula is C13H15NO4. The molecule has 3 heterocycles. The number of carbonyl (C=O) groups is 2. The first-order chi connectivity index (χ1) is 8.66. The van der Waals surface area contributed by atoms with Crippen molar-refractivity contribution in [3.63, 3.8) is 0 Å². The summed E-state index contributed by atoms with van der Waals surface area (Å²) in [5.41, 5.74) is 0. The molecular weight excluding hydrogens is 234 g/mol. The molecule has 0 unspecified atom stereocenters. The van der Waals surface area contributed by atoms with Crippen molar-refractivity contribution in [2.75, 3.05) is 6.54 Å². The molecule has 1 aromatic rings. The van der Waals surface area contributed by atoms with E-state index in [4.69, 9.17) is 4.42 Å². The van der Waals surface area contributed by atoms with Crippen molar-refractivity contribution in [2.45, 2.75) is 25.3 Å². The molecule has 2 saturated heterocycles. The molecule has 18 heavy (non-hydrogen) atoms. The SMILES string of the molecule is O=C(O)[C@@H]1C[C@H]2CC[C@@H]1N(C(=O)c1ccco1)C2. The van der Waals surface area contributed by atoms with Gasteiger partial charge in [0.25, 0.3) is 5.91 Å². The molecule has 0 aromatic carbocycles. The number of carboxylic acids is 1. The van der Waals surface area contributed by atoms with E-state index in [-0.39, 0.29) is 11.9 Å². The van der Waals surface area contributed by atoms with Gasteiger partial charge in [0.1, 0.15) is 0 Å². The van der Waals surface area contributed by atoms with Crippen LogP contribution in [0.5, 0.6) is 0 Å². The van der Waals surface area contributed by atoms with Gasteiger partial charge in [-0.15, -0.1) is 0 Å². The number of furan rings is 1. The molecule has 96 valence electrons. The van der Waals surface area contributed by atoms with Gasteiger partial charge in [-0.1, -0.05) is 0 Å². The predicted molar refractivity (Wildman–Crippen MR) is 62.0 cm³/mol. The highest BCUT2D eigenvalue weighted by Gasteiger charge is 2.46. The molecule has 1 aromatic heterocycles.